The van der Waals surface area contributed by atoms with Crippen LogP contribution in [-0.4, -0.2) is 24.2 Å². The molecule has 0 radical (unpaired) electrons. The summed E-state index contributed by atoms with van der Waals surface area (Å²) in [5.74, 6) is 0.114. The van der Waals surface area contributed by atoms with E-state index in [1.54, 1.807) is 0 Å². The molecule has 1 aliphatic rings. The summed E-state index contributed by atoms with van der Waals surface area (Å²) >= 11 is 6.07. The highest BCUT2D eigenvalue weighted by Gasteiger charge is 2.45. The summed E-state index contributed by atoms with van der Waals surface area (Å²) in [5, 5.41) is 13.0. The number of carbonyl (C=O) groups is 1. The fourth-order valence-corrected chi connectivity index (χ4v) is 3.17. The Bertz CT molecular complexity index is 524. The second-order valence-corrected chi connectivity index (χ2v) is 7.56. The average Bonchev–Trinajstić information content (AvgIpc) is 2.43. The summed E-state index contributed by atoms with van der Waals surface area (Å²) in [4.78, 5) is 12.6. The largest absolute Gasteiger partial charge is 0.396 e. The predicted octanol–water partition coefficient (Wildman–Crippen LogP) is 3.68. The highest BCUT2D eigenvalue weighted by molar-refractivity contribution is 6.30. The van der Waals surface area contributed by atoms with Gasteiger partial charge < -0.3 is 10.4 Å². The van der Waals surface area contributed by atoms with Crippen molar-refractivity contribution in [2.75, 3.05) is 13.2 Å². The number of benzene rings is 1. The van der Waals surface area contributed by atoms with Gasteiger partial charge in [-0.25, -0.2) is 0 Å². The fourth-order valence-electron chi connectivity index (χ4n) is 2.98. The lowest BCUT2D eigenvalue weighted by Gasteiger charge is -2.41. The Balaban J connectivity index is 1.93. The molecule has 0 unspecified atom stereocenters. The van der Waals surface area contributed by atoms with Crippen LogP contribution in [0.2, 0.25) is 5.02 Å². The van der Waals surface area contributed by atoms with Gasteiger partial charge in [-0.2, -0.15) is 0 Å². The average molecular weight is 324 g/mol. The molecule has 0 heterocycles. The lowest BCUT2D eigenvalue weighted by molar-refractivity contribution is -0.129. The first-order valence-electron chi connectivity index (χ1n) is 8.05. The molecule has 22 heavy (non-hydrogen) atoms. The highest BCUT2D eigenvalue weighted by atomic mass is 35.5. The maximum absolute atomic E-state index is 12.6. The third kappa shape index (κ3) is 3.82. The Hall–Kier alpha value is -1.06. The number of halogens is 1. The third-order valence-corrected chi connectivity index (χ3v) is 5.00. The number of aliphatic hydroxyl groups is 1. The Kier molecular flexibility index (Phi) is 5.51. The summed E-state index contributed by atoms with van der Waals surface area (Å²) < 4.78 is 0. The molecule has 1 amide bonds. The van der Waals surface area contributed by atoms with Crippen LogP contribution in [-0.2, 0) is 10.2 Å². The minimum absolute atomic E-state index is 0.0775. The molecule has 1 aromatic carbocycles. The van der Waals surface area contributed by atoms with Crippen molar-refractivity contribution in [1.29, 1.82) is 0 Å². The van der Waals surface area contributed by atoms with E-state index in [1.807, 2.05) is 38.1 Å². The first kappa shape index (κ1) is 17.3. The quantitative estimate of drug-likeness (QED) is 0.752. The summed E-state index contributed by atoms with van der Waals surface area (Å²) in [5.41, 5.74) is 0.558. The van der Waals surface area contributed by atoms with Crippen LogP contribution in [0.25, 0.3) is 0 Å². The van der Waals surface area contributed by atoms with Crippen LogP contribution in [0, 0.1) is 5.41 Å². The van der Waals surface area contributed by atoms with Crippen molar-refractivity contribution in [2.24, 2.45) is 5.41 Å². The van der Waals surface area contributed by atoms with Gasteiger partial charge in [-0.15, -0.1) is 0 Å². The molecule has 3 nitrogen and oxygen atoms in total. The van der Waals surface area contributed by atoms with Crippen molar-refractivity contribution >= 4 is 17.5 Å². The maximum atomic E-state index is 12.6. The second kappa shape index (κ2) is 7.01. The molecule has 0 bridgehead atoms. The van der Waals surface area contributed by atoms with Crippen molar-refractivity contribution < 1.29 is 9.90 Å². The van der Waals surface area contributed by atoms with E-state index in [0.717, 1.165) is 37.7 Å². The zero-order chi connectivity index (χ0) is 16.2. The minimum atomic E-state index is -0.391. The lowest BCUT2D eigenvalue weighted by atomic mass is 9.64. The molecule has 1 aliphatic carbocycles. The molecule has 1 aromatic rings. The number of hydrogen-bond acceptors (Lipinski definition) is 2. The zero-order valence-corrected chi connectivity index (χ0v) is 14.2. The van der Waals surface area contributed by atoms with Crippen molar-refractivity contribution in [3.8, 4) is 0 Å². The van der Waals surface area contributed by atoms with Gasteiger partial charge in [0.15, 0.2) is 0 Å². The van der Waals surface area contributed by atoms with Gasteiger partial charge >= 0.3 is 0 Å². The SMILES string of the molecule is CC(C)(CO)CCCNC(=O)C1(c2cccc(Cl)c2)CCC1. The van der Waals surface area contributed by atoms with E-state index in [9.17, 15) is 9.90 Å². The molecule has 122 valence electrons. The van der Waals surface area contributed by atoms with Gasteiger partial charge in [0.2, 0.25) is 5.91 Å². The van der Waals surface area contributed by atoms with Crippen LogP contribution in [0.15, 0.2) is 24.3 Å². The fraction of sp³-hybridized carbons (Fsp3) is 0.611. The zero-order valence-electron chi connectivity index (χ0n) is 13.5. The van der Waals surface area contributed by atoms with E-state index < -0.39 is 5.41 Å². The molecule has 0 spiro atoms. The number of aliphatic hydroxyl groups excluding tert-OH is 1. The molecule has 0 aromatic heterocycles. The number of hydrogen-bond donors (Lipinski definition) is 2. The molecule has 0 atom stereocenters. The summed E-state index contributed by atoms with van der Waals surface area (Å²) in [6.07, 6.45) is 4.64. The molecular weight excluding hydrogens is 298 g/mol. The van der Waals surface area contributed by atoms with Gasteiger partial charge in [0.1, 0.15) is 0 Å². The topological polar surface area (TPSA) is 49.3 Å². The summed E-state index contributed by atoms with van der Waals surface area (Å²) in [7, 11) is 0. The molecule has 1 fully saturated rings. The van der Waals surface area contributed by atoms with E-state index in [2.05, 4.69) is 5.32 Å². The van der Waals surface area contributed by atoms with Gasteiger partial charge in [0.05, 0.1) is 5.41 Å². The maximum Gasteiger partial charge on any atom is 0.230 e. The van der Waals surface area contributed by atoms with Gasteiger partial charge in [0.25, 0.3) is 0 Å². The Morgan fingerprint density at radius 2 is 2.14 bits per heavy atom. The minimum Gasteiger partial charge on any atom is -0.396 e. The van der Waals surface area contributed by atoms with Gasteiger partial charge in [-0.3, -0.25) is 4.79 Å². The summed E-state index contributed by atoms with van der Waals surface area (Å²) in [6.45, 7) is 4.90. The van der Waals surface area contributed by atoms with Crippen molar-refractivity contribution in [3.05, 3.63) is 34.9 Å². The normalized spacial score (nSPS) is 16.9. The van der Waals surface area contributed by atoms with Crippen LogP contribution in [0.1, 0.15) is 51.5 Å². The van der Waals surface area contributed by atoms with E-state index in [1.165, 1.54) is 0 Å². The van der Waals surface area contributed by atoms with Crippen LogP contribution in [0.4, 0.5) is 0 Å². The van der Waals surface area contributed by atoms with Crippen molar-refractivity contribution in [2.45, 2.75) is 51.4 Å². The molecule has 2 rings (SSSR count). The summed E-state index contributed by atoms with van der Waals surface area (Å²) in [6, 6.07) is 7.66. The van der Waals surface area contributed by atoms with Crippen molar-refractivity contribution in [3.63, 3.8) is 0 Å². The number of carbonyl (C=O) groups excluding carboxylic acids is 1. The smallest absolute Gasteiger partial charge is 0.230 e. The van der Waals surface area contributed by atoms with Crippen molar-refractivity contribution in [1.82, 2.24) is 5.32 Å². The Labute approximate surface area is 138 Å². The molecule has 0 saturated heterocycles. The molecular formula is C18H26ClNO2. The first-order chi connectivity index (χ1) is 10.4. The molecule has 1 saturated carbocycles. The number of rotatable bonds is 7. The van der Waals surface area contributed by atoms with E-state index in [4.69, 9.17) is 11.6 Å². The first-order valence-corrected chi connectivity index (χ1v) is 8.43. The second-order valence-electron chi connectivity index (χ2n) is 7.13. The predicted molar refractivity (Wildman–Crippen MR) is 90.1 cm³/mol. The van der Waals surface area contributed by atoms with Crippen LogP contribution >= 0.6 is 11.6 Å². The van der Waals surface area contributed by atoms with Gasteiger partial charge in [-0.1, -0.05) is 44.0 Å². The van der Waals surface area contributed by atoms with Gasteiger partial charge in [-0.05, 0) is 48.8 Å². The Morgan fingerprint density at radius 3 is 2.68 bits per heavy atom. The van der Waals surface area contributed by atoms with Crippen LogP contribution in [0.5, 0.6) is 0 Å². The molecule has 4 heteroatoms. The molecule has 2 N–H and O–H groups in total. The third-order valence-electron chi connectivity index (χ3n) is 4.76. The van der Waals surface area contributed by atoms with E-state index >= 15 is 0 Å². The number of amides is 1. The van der Waals surface area contributed by atoms with Gasteiger partial charge in [0, 0.05) is 18.2 Å². The molecule has 0 aliphatic heterocycles. The highest BCUT2D eigenvalue weighted by Crippen LogP contribution is 2.44. The monoisotopic (exact) mass is 323 g/mol. The standard InChI is InChI=1S/C18H26ClNO2/c1-17(2,13-21)8-5-11-20-16(22)18(9-4-10-18)14-6-3-7-15(19)12-14/h3,6-7,12,21H,4-5,8-11,13H2,1-2H3,(H,20,22). The van der Waals surface area contributed by atoms with Crippen LogP contribution < -0.4 is 5.32 Å². The number of nitrogens with one attached hydrogen (secondary N) is 1. The Morgan fingerprint density at radius 1 is 1.41 bits per heavy atom. The van der Waals surface area contributed by atoms with E-state index in [0.29, 0.717) is 11.6 Å². The van der Waals surface area contributed by atoms with E-state index in [-0.39, 0.29) is 17.9 Å². The van der Waals surface area contributed by atoms with Crippen LogP contribution in [0.3, 0.4) is 0 Å². The lowest BCUT2D eigenvalue weighted by Crippen LogP contribution is -2.49.